The average Bonchev–Trinajstić information content (AvgIpc) is 3.02. The monoisotopic (exact) mass is 201 g/mol. The van der Waals surface area contributed by atoms with E-state index in [1.54, 1.807) is 0 Å². The second-order valence-electron chi connectivity index (χ2n) is 4.35. The molecule has 2 rings (SSSR count). The molecule has 0 amide bonds. The highest BCUT2D eigenvalue weighted by Gasteiger charge is 2.35. The summed E-state index contributed by atoms with van der Waals surface area (Å²) in [5, 5.41) is 19.1. The molecule has 0 radical (unpaired) electrons. The Balaban J connectivity index is 2.22. The van der Waals surface area contributed by atoms with Crippen LogP contribution in [0, 0.1) is 24.2 Å². The van der Waals surface area contributed by atoms with Crippen molar-refractivity contribution in [3.05, 3.63) is 35.4 Å². The van der Waals surface area contributed by atoms with Crippen molar-refractivity contribution >= 4 is 0 Å². The Morgan fingerprint density at radius 2 is 2.20 bits per heavy atom. The SMILES string of the molecule is Cc1cccc(C(C#N)C(O)C2CC2)c1. The van der Waals surface area contributed by atoms with Crippen LogP contribution in [-0.2, 0) is 0 Å². The molecule has 0 aliphatic heterocycles. The number of nitriles is 1. The fourth-order valence-corrected chi connectivity index (χ4v) is 1.92. The summed E-state index contributed by atoms with van der Waals surface area (Å²) >= 11 is 0. The minimum absolute atomic E-state index is 0.343. The van der Waals surface area contributed by atoms with Crippen LogP contribution in [0.3, 0.4) is 0 Å². The van der Waals surface area contributed by atoms with Gasteiger partial charge in [0.2, 0.25) is 0 Å². The van der Waals surface area contributed by atoms with Crippen LogP contribution < -0.4 is 0 Å². The van der Waals surface area contributed by atoms with Gasteiger partial charge in [-0.2, -0.15) is 5.26 Å². The fraction of sp³-hybridized carbons (Fsp3) is 0.462. The zero-order valence-electron chi connectivity index (χ0n) is 8.85. The predicted molar refractivity (Wildman–Crippen MR) is 58.3 cm³/mol. The summed E-state index contributed by atoms with van der Waals surface area (Å²) in [7, 11) is 0. The van der Waals surface area contributed by atoms with Crippen molar-refractivity contribution in [2.75, 3.05) is 0 Å². The van der Waals surface area contributed by atoms with E-state index in [0.29, 0.717) is 5.92 Å². The minimum Gasteiger partial charge on any atom is -0.391 e. The Hall–Kier alpha value is -1.33. The van der Waals surface area contributed by atoms with Crippen LogP contribution in [0.15, 0.2) is 24.3 Å². The molecule has 1 aromatic rings. The summed E-state index contributed by atoms with van der Waals surface area (Å²) in [5.41, 5.74) is 2.08. The molecular formula is C13H15NO. The van der Waals surface area contributed by atoms with Gasteiger partial charge in [0, 0.05) is 0 Å². The van der Waals surface area contributed by atoms with Crippen LogP contribution in [0.2, 0.25) is 0 Å². The lowest BCUT2D eigenvalue weighted by Gasteiger charge is -2.16. The molecule has 1 aliphatic rings. The third-order valence-corrected chi connectivity index (χ3v) is 2.99. The van der Waals surface area contributed by atoms with Crippen LogP contribution >= 0.6 is 0 Å². The van der Waals surface area contributed by atoms with E-state index < -0.39 is 6.10 Å². The smallest absolute Gasteiger partial charge is 0.0974 e. The maximum Gasteiger partial charge on any atom is 0.0974 e. The molecule has 1 fully saturated rings. The minimum atomic E-state index is -0.489. The maximum absolute atomic E-state index is 9.97. The van der Waals surface area contributed by atoms with Gasteiger partial charge >= 0.3 is 0 Å². The van der Waals surface area contributed by atoms with Crippen LogP contribution in [0.1, 0.15) is 29.9 Å². The van der Waals surface area contributed by atoms with Crippen molar-refractivity contribution < 1.29 is 5.11 Å². The number of aliphatic hydroxyl groups is 1. The lowest BCUT2D eigenvalue weighted by molar-refractivity contribution is 0.138. The first-order valence-corrected chi connectivity index (χ1v) is 5.36. The van der Waals surface area contributed by atoms with Crippen molar-refractivity contribution in [2.24, 2.45) is 5.92 Å². The average molecular weight is 201 g/mol. The first kappa shape index (κ1) is 10.2. The van der Waals surface area contributed by atoms with Gasteiger partial charge in [-0.1, -0.05) is 29.8 Å². The molecule has 0 spiro atoms. The molecule has 2 unspecified atom stereocenters. The van der Waals surface area contributed by atoms with Crippen molar-refractivity contribution in [3.63, 3.8) is 0 Å². The predicted octanol–water partition coefficient (Wildman–Crippen LogP) is 2.37. The van der Waals surface area contributed by atoms with Gasteiger partial charge in [0.1, 0.15) is 0 Å². The molecule has 0 bridgehead atoms. The molecular weight excluding hydrogens is 186 g/mol. The lowest BCUT2D eigenvalue weighted by Crippen LogP contribution is -2.19. The molecule has 0 saturated heterocycles. The number of aliphatic hydroxyl groups excluding tert-OH is 1. The van der Waals surface area contributed by atoms with Gasteiger partial charge in [0.05, 0.1) is 18.1 Å². The number of hydrogen-bond acceptors (Lipinski definition) is 2. The summed E-state index contributed by atoms with van der Waals surface area (Å²) in [6.45, 7) is 2.00. The van der Waals surface area contributed by atoms with Gasteiger partial charge in [-0.15, -0.1) is 0 Å². The standard InChI is InChI=1S/C13H15NO/c1-9-3-2-4-11(7-9)12(8-14)13(15)10-5-6-10/h2-4,7,10,12-13,15H,5-6H2,1H3. The highest BCUT2D eigenvalue weighted by atomic mass is 16.3. The zero-order chi connectivity index (χ0) is 10.8. The molecule has 1 N–H and O–H groups in total. The van der Waals surface area contributed by atoms with Gasteiger partial charge in [0.25, 0.3) is 0 Å². The molecule has 0 aromatic heterocycles. The van der Waals surface area contributed by atoms with E-state index in [0.717, 1.165) is 24.0 Å². The van der Waals surface area contributed by atoms with E-state index in [2.05, 4.69) is 6.07 Å². The second-order valence-corrected chi connectivity index (χ2v) is 4.35. The Bertz CT molecular complexity index is 390. The normalized spacial score (nSPS) is 19.3. The number of rotatable bonds is 3. The van der Waals surface area contributed by atoms with Crippen molar-refractivity contribution in [1.82, 2.24) is 0 Å². The van der Waals surface area contributed by atoms with Crippen molar-refractivity contribution in [3.8, 4) is 6.07 Å². The van der Waals surface area contributed by atoms with Crippen LogP contribution in [0.5, 0.6) is 0 Å². The molecule has 1 aromatic carbocycles. The Kier molecular flexibility index (Phi) is 2.75. The quantitative estimate of drug-likeness (QED) is 0.816. The Morgan fingerprint density at radius 1 is 1.47 bits per heavy atom. The van der Waals surface area contributed by atoms with E-state index >= 15 is 0 Å². The third-order valence-electron chi connectivity index (χ3n) is 2.99. The Morgan fingerprint density at radius 3 is 2.73 bits per heavy atom. The van der Waals surface area contributed by atoms with Gasteiger partial charge in [-0.3, -0.25) is 0 Å². The molecule has 0 heterocycles. The van der Waals surface area contributed by atoms with E-state index in [9.17, 15) is 5.11 Å². The first-order chi connectivity index (χ1) is 7.22. The number of aryl methyl sites for hydroxylation is 1. The number of nitrogens with zero attached hydrogens (tertiary/aromatic N) is 1. The van der Waals surface area contributed by atoms with E-state index in [1.165, 1.54) is 0 Å². The lowest BCUT2D eigenvalue weighted by atomic mass is 9.91. The molecule has 1 aliphatic carbocycles. The van der Waals surface area contributed by atoms with Gasteiger partial charge in [-0.25, -0.2) is 0 Å². The summed E-state index contributed by atoms with van der Waals surface area (Å²) in [4.78, 5) is 0. The van der Waals surface area contributed by atoms with Gasteiger partial charge in [0.15, 0.2) is 0 Å². The molecule has 2 atom stereocenters. The van der Waals surface area contributed by atoms with E-state index in [4.69, 9.17) is 5.26 Å². The van der Waals surface area contributed by atoms with Crippen LogP contribution in [0.25, 0.3) is 0 Å². The zero-order valence-corrected chi connectivity index (χ0v) is 8.85. The highest BCUT2D eigenvalue weighted by Crippen LogP contribution is 2.38. The third kappa shape index (κ3) is 2.19. The Labute approximate surface area is 90.2 Å². The van der Waals surface area contributed by atoms with Gasteiger partial charge in [-0.05, 0) is 31.2 Å². The van der Waals surface area contributed by atoms with Gasteiger partial charge < -0.3 is 5.11 Å². The number of hydrogen-bond donors (Lipinski definition) is 1. The van der Waals surface area contributed by atoms with Crippen LogP contribution in [-0.4, -0.2) is 11.2 Å². The van der Waals surface area contributed by atoms with E-state index in [-0.39, 0.29) is 5.92 Å². The van der Waals surface area contributed by atoms with Crippen molar-refractivity contribution in [1.29, 1.82) is 5.26 Å². The fourth-order valence-electron chi connectivity index (χ4n) is 1.92. The first-order valence-electron chi connectivity index (χ1n) is 5.36. The molecule has 2 nitrogen and oxygen atoms in total. The summed E-state index contributed by atoms with van der Waals surface area (Å²) < 4.78 is 0. The largest absolute Gasteiger partial charge is 0.391 e. The maximum atomic E-state index is 9.97. The van der Waals surface area contributed by atoms with Crippen LogP contribution in [0.4, 0.5) is 0 Å². The highest BCUT2D eigenvalue weighted by molar-refractivity contribution is 5.30. The molecule has 2 heteroatoms. The van der Waals surface area contributed by atoms with Crippen molar-refractivity contribution in [2.45, 2.75) is 31.8 Å². The summed E-state index contributed by atoms with van der Waals surface area (Å²) in [5.74, 6) is -0.0208. The van der Waals surface area contributed by atoms with E-state index in [1.807, 2.05) is 31.2 Å². The summed E-state index contributed by atoms with van der Waals surface area (Å²) in [6.07, 6.45) is 1.63. The summed E-state index contributed by atoms with van der Waals surface area (Å²) in [6, 6.07) is 10.1. The molecule has 78 valence electrons. The number of benzene rings is 1. The molecule has 15 heavy (non-hydrogen) atoms. The second kappa shape index (κ2) is 4.04. The topological polar surface area (TPSA) is 44.0 Å². The molecule has 1 saturated carbocycles.